The van der Waals surface area contributed by atoms with Crippen LogP contribution in [0.1, 0.15) is 35.3 Å². The first kappa shape index (κ1) is 13.6. The molecule has 96 valence electrons. The summed E-state index contributed by atoms with van der Waals surface area (Å²) in [7, 11) is 0. The molecule has 1 aromatic carbocycles. The molecule has 0 radical (unpaired) electrons. The summed E-state index contributed by atoms with van der Waals surface area (Å²) in [6.07, 6.45) is 0. The van der Waals surface area contributed by atoms with Crippen LogP contribution in [0.2, 0.25) is 0 Å². The molecule has 0 unspecified atom stereocenters. The molecule has 0 aliphatic heterocycles. The summed E-state index contributed by atoms with van der Waals surface area (Å²) >= 11 is 3.41. The highest BCUT2D eigenvalue weighted by Gasteiger charge is 2.13. The van der Waals surface area contributed by atoms with Crippen molar-refractivity contribution in [2.45, 2.75) is 37.0 Å². The van der Waals surface area contributed by atoms with E-state index in [1.807, 2.05) is 18.2 Å². The van der Waals surface area contributed by atoms with Gasteiger partial charge in [0.05, 0.1) is 22.9 Å². The number of aromatic nitrogens is 1. The van der Waals surface area contributed by atoms with Crippen LogP contribution in [0.3, 0.4) is 0 Å². The minimum absolute atomic E-state index is 0.0984. The summed E-state index contributed by atoms with van der Waals surface area (Å²) in [5.74, 6) is 1.24. The summed E-state index contributed by atoms with van der Waals surface area (Å²) in [5, 5.41) is 10.4. The first-order chi connectivity index (χ1) is 8.70. The van der Waals surface area contributed by atoms with Gasteiger partial charge in [-0.05, 0) is 18.1 Å². The Hall–Kier alpha value is -0.840. The molecule has 0 aliphatic rings. The van der Waals surface area contributed by atoms with Crippen molar-refractivity contribution in [3.63, 3.8) is 0 Å². The van der Waals surface area contributed by atoms with Crippen LogP contribution in [0.25, 0.3) is 0 Å². The van der Waals surface area contributed by atoms with Crippen LogP contribution in [-0.4, -0.2) is 10.1 Å². The van der Waals surface area contributed by atoms with Gasteiger partial charge in [-0.1, -0.05) is 32.0 Å². The van der Waals surface area contributed by atoms with E-state index in [0.29, 0.717) is 5.92 Å². The zero-order chi connectivity index (χ0) is 13.0. The van der Waals surface area contributed by atoms with Crippen molar-refractivity contribution < 1.29 is 5.11 Å². The number of benzene rings is 1. The Balaban J connectivity index is 2.06. The molecule has 1 N–H and O–H groups in total. The van der Waals surface area contributed by atoms with Crippen LogP contribution >= 0.6 is 23.1 Å². The van der Waals surface area contributed by atoms with Crippen molar-refractivity contribution in [1.82, 2.24) is 4.98 Å². The zero-order valence-electron chi connectivity index (χ0n) is 10.6. The van der Waals surface area contributed by atoms with Gasteiger partial charge in [-0.2, -0.15) is 0 Å². The maximum atomic E-state index is 9.33. The van der Waals surface area contributed by atoms with Crippen molar-refractivity contribution in [1.29, 1.82) is 0 Å². The number of aliphatic hydroxyl groups is 1. The van der Waals surface area contributed by atoms with Gasteiger partial charge in [-0.25, -0.2) is 4.98 Å². The molecule has 0 atom stereocenters. The lowest BCUT2D eigenvalue weighted by atomic mass is 10.1. The van der Waals surface area contributed by atoms with Gasteiger partial charge in [0.25, 0.3) is 0 Å². The van der Waals surface area contributed by atoms with Crippen molar-refractivity contribution >= 4 is 23.1 Å². The fourth-order valence-corrected chi connectivity index (χ4v) is 3.70. The summed E-state index contributed by atoms with van der Waals surface area (Å²) in [6, 6.07) is 10.3. The van der Waals surface area contributed by atoms with Gasteiger partial charge in [-0.3, -0.25) is 0 Å². The molecule has 0 amide bonds. The van der Waals surface area contributed by atoms with E-state index < -0.39 is 0 Å². The second kappa shape index (κ2) is 6.36. The Bertz CT molecular complexity index is 494. The Morgan fingerprint density at radius 3 is 2.56 bits per heavy atom. The lowest BCUT2D eigenvalue weighted by molar-refractivity contribution is 0.283. The third-order valence-electron chi connectivity index (χ3n) is 2.57. The maximum Gasteiger partial charge on any atom is 0.103 e. The summed E-state index contributed by atoms with van der Waals surface area (Å²) < 4.78 is 0. The maximum absolute atomic E-state index is 9.33. The van der Waals surface area contributed by atoms with Crippen molar-refractivity contribution in [3.05, 3.63) is 45.9 Å². The molecular formula is C14H17NOS2. The first-order valence-electron chi connectivity index (χ1n) is 5.98. The molecule has 0 spiro atoms. The average molecular weight is 279 g/mol. The number of thiazole rings is 1. The Morgan fingerprint density at radius 2 is 2.00 bits per heavy atom. The second-order valence-electron chi connectivity index (χ2n) is 4.33. The topological polar surface area (TPSA) is 33.1 Å². The smallest absolute Gasteiger partial charge is 0.103 e. The van der Waals surface area contributed by atoms with E-state index in [1.165, 1.54) is 4.90 Å². The highest BCUT2D eigenvalue weighted by atomic mass is 32.2. The lowest BCUT2D eigenvalue weighted by Crippen LogP contribution is -1.93. The van der Waals surface area contributed by atoms with Crippen LogP contribution in [0.5, 0.6) is 0 Å². The third kappa shape index (κ3) is 3.34. The van der Waals surface area contributed by atoms with Crippen LogP contribution in [0, 0.1) is 0 Å². The molecule has 0 saturated heterocycles. The van der Waals surface area contributed by atoms with Gasteiger partial charge < -0.3 is 5.11 Å². The van der Waals surface area contributed by atoms with Crippen molar-refractivity contribution in [3.8, 4) is 0 Å². The molecule has 18 heavy (non-hydrogen) atoms. The number of thioether (sulfide) groups is 1. The van der Waals surface area contributed by atoms with E-state index in [1.54, 1.807) is 23.1 Å². The first-order valence-corrected chi connectivity index (χ1v) is 7.78. The normalized spacial score (nSPS) is 11.1. The minimum Gasteiger partial charge on any atom is -0.391 e. The van der Waals surface area contributed by atoms with Gasteiger partial charge in [-0.15, -0.1) is 23.1 Å². The van der Waals surface area contributed by atoms with Crippen molar-refractivity contribution in [2.75, 3.05) is 0 Å². The SMILES string of the molecule is CC(C)c1nc(CSc2ccccc2)sc1CO. The quantitative estimate of drug-likeness (QED) is 0.838. The monoisotopic (exact) mass is 279 g/mol. The predicted molar refractivity (Wildman–Crippen MR) is 78.1 cm³/mol. The Labute approximate surface area is 116 Å². The molecule has 2 nitrogen and oxygen atoms in total. The van der Waals surface area contributed by atoms with Crippen molar-refractivity contribution in [2.24, 2.45) is 0 Å². The van der Waals surface area contributed by atoms with Crippen LogP contribution in [-0.2, 0) is 12.4 Å². The lowest BCUT2D eigenvalue weighted by Gasteiger charge is -2.01. The Morgan fingerprint density at radius 1 is 1.28 bits per heavy atom. The summed E-state index contributed by atoms with van der Waals surface area (Å²) in [4.78, 5) is 6.90. The molecular weight excluding hydrogens is 262 g/mol. The number of rotatable bonds is 5. The van der Waals surface area contributed by atoms with Crippen LogP contribution in [0.4, 0.5) is 0 Å². The fourth-order valence-electron chi connectivity index (χ4n) is 1.70. The standard InChI is InChI=1S/C14H17NOS2/c1-10(2)14-12(8-16)18-13(15-14)9-17-11-6-4-3-5-7-11/h3-7,10,16H,8-9H2,1-2H3. The van der Waals surface area contributed by atoms with E-state index in [9.17, 15) is 5.11 Å². The largest absolute Gasteiger partial charge is 0.391 e. The highest BCUT2D eigenvalue weighted by Crippen LogP contribution is 2.29. The van der Waals surface area contributed by atoms with Gasteiger partial charge >= 0.3 is 0 Å². The molecule has 1 heterocycles. The highest BCUT2D eigenvalue weighted by molar-refractivity contribution is 7.98. The minimum atomic E-state index is 0.0984. The summed E-state index contributed by atoms with van der Waals surface area (Å²) in [5.41, 5.74) is 1.05. The van der Waals surface area contributed by atoms with E-state index in [4.69, 9.17) is 0 Å². The van der Waals surface area contributed by atoms with Crippen LogP contribution in [0.15, 0.2) is 35.2 Å². The van der Waals surface area contributed by atoms with E-state index in [-0.39, 0.29) is 6.61 Å². The number of nitrogens with zero attached hydrogens (tertiary/aromatic N) is 1. The second-order valence-corrected chi connectivity index (χ2v) is 6.55. The van der Waals surface area contributed by atoms with Crippen LogP contribution < -0.4 is 0 Å². The fraction of sp³-hybridized carbons (Fsp3) is 0.357. The molecule has 0 saturated carbocycles. The number of hydrogen-bond acceptors (Lipinski definition) is 4. The van der Waals surface area contributed by atoms with Gasteiger partial charge in [0, 0.05) is 4.90 Å². The molecule has 0 fully saturated rings. The number of aliphatic hydroxyl groups excluding tert-OH is 1. The predicted octanol–water partition coefficient (Wildman–Crippen LogP) is 4.05. The van der Waals surface area contributed by atoms with Gasteiger partial charge in [0.1, 0.15) is 5.01 Å². The van der Waals surface area contributed by atoms with E-state index >= 15 is 0 Å². The average Bonchev–Trinajstić information content (AvgIpc) is 2.81. The Kier molecular flexibility index (Phi) is 4.80. The molecule has 0 bridgehead atoms. The molecule has 2 rings (SSSR count). The molecule has 1 aromatic heterocycles. The van der Waals surface area contributed by atoms with Gasteiger partial charge in [0.15, 0.2) is 0 Å². The molecule has 4 heteroatoms. The summed E-state index contributed by atoms with van der Waals surface area (Å²) in [6.45, 7) is 4.33. The molecule has 0 aliphatic carbocycles. The van der Waals surface area contributed by atoms with E-state index in [0.717, 1.165) is 21.3 Å². The van der Waals surface area contributed by atoms with E-state index in [2.05, 4.69) is 31.0 Å². The zero-order valence-corrected chi connectivity index (χ0v) is 12.2. The third-order valence-corrected chi connectivity index (χ3v) is 4.83. The van der Waals surface area contributed by atoms with Gasteiger partial charge in [0.2, 0.25) is 0 Å². The number of hydrogen-bond donors (Lipinski definition) is 1. The molecule has 2 aromatic rings.